The van der Waals surface area contributed by atoms with Gasteiger partial charge in [-0.3, -0.25) is 25.2 Å². The molecule has 8 heteroatoms. The van der Waals surface area contributed by atoms with Gasteiger partial charge in [0, 0.05) is 41.0 Å². The first-order chi connectivity index (χ1) is 11.1. The van der Waals surface area contributed by atoms with Crippen LogP contribution in [0, 0.1) is 10.1 Å². The second-order valence-corrected chi connectivity index (χ2v) is 5.39. The first kappa shape index (κ1) is 14.8. The molecule has 2 heterocycles. The minimum atomic E-state index is -0.456. The smallest absolute Gasteiger partial charge is 0.270 e. The molecule has 1 amide bonds. The molecule has 0 bridgehead atoms. The highest BCUT2D eigenvalue weighted by Crippen LogP contribution is 2.27. The largest absolute Gasteiger partial charge is 0.298 e. The normalized spacial score (nSPS) is 10.3. The molecule has 0 aliphatic rings. The van der Waals surface area contributed by atoms with Crippen LogP contribution in [-0.4, -0.2) is 20.8 Å². The van der Waals surface area contributed by atoms with Gasteiger partial charge in [-0.15, -0.1) is 11.3 Å². The van der Waals surface area contributed by atoms with Crippen molar-refractivity contribution >= 4 is 28.1 Å². The van der Waals surface area contributed by atoms with Gasteiger partial charge in [0.15, 0.2) is 5.13 Å². The molecule has 0 aliphatic heterocycles. The molecule has 1 aromatic carbocycles. The Balaban J connectivity index is 1.80. The van der Waals surface area contributed by atoms with Crippen LogP contribution in [0.5, 0.6) is 0 Å². The molecule has 2 aromatic heterocycles. The van der Waals surface area contributed by atoms with Crippen molar-refractivity contribution < 1.29 is 9.72 Å². The molecule has 0 aliphatic carbocycles. The lowest BCUT2D eigenvalue weighted by Gasteiger charge is -2.00. The number of nitrogens with one attached hydrogen (secondary N) is 1. The Bertz CT molecular complexity index is 864. The van der Waals surface area contributed by atoms with Crippen molar-refractivity contribution in [1.82, 2.24) is 9.97 Å². The molecule has 0 saturated carbocycles. The van der Waals surface area contributed by atoms with Gasteiger partial charge < -0.3 is 0 Å². The zero-order valence-corrected chi connectivity index (χ0v) is 12.5. The van der Waals surface area contributed by atoms with E-state index in [9.17, 15) is 14.9 Å². The second-order valence-electron chi connectivity index (χ2n) is 4.54. The maximum Gasteiger partial charge on any atom is 0.270 e. The van der Waals surface area contributed by atoms with E-state index >= 15 is 0 Å². The number of amides is 1. The van der Waals surface area contributed by atoms with Crippen LogP contribution in [0.3, 0.4) is 0 Å². The van der Waals surface area contributed by atoms with Gasteiger partial charge in [0.1, 0.15) is 0 Å². The molecule has 114 valence electrons. The fourth-order valence-electron chi connectivity index (χ4n) is 1.92. The number of hydrogen-bond donors (Lipinski definition) is 1. The van der Waals surface area contributed by atoms with Crippen molar-refractivity contribution in [2.45, 2.75) is 0 Å². The molecular weight excluding hydrogens is 316 g/mol. The van der Waals surface area contributed by atoms with Crippen LogP contribution in [0.1, 0.15) is 10.4 Å². The molecule has 7 nitrogen and oxygen atoms in total. The molecule has 1 N–H and O–H groups in total. The van der Waals surface area contributed by atoms with Gasteiger partial charge >= 0.3 is 0 Å². The van der Waals surface area contributed by atoms with Crippen LogP contribution in [0.15, 0.2) is 54.2 Å². The zero-order valence-electron chi connectivity index (χ0n) is 11.7. The third kappa shape index (κ3) is 3.38. The van der Waals surface area contributed by atoms with Crippen molar-refractivity contribution in [3.05, 3.63) is 69.8 Å². The van der Waals surface area contributed by atoms with Gasteiger partial charge in [-0.05, 0) is 12.1 Å². The fraction of sp³-hybridized carbons (Fsp3) is 0. The molecule has 0 radical (unpaired) electrons. The summed E-state index contributed by atoms with van der Waals surface area (Å²) in [6.07, 6.45) is 3.07. The Hall–Kier alpha value is -3.13. The van der Waals surface area contributed by atoms with E-state index in [1.54, 1.807) is 29.6 Å². The third-order valence-corrected chi connectivity index (χ3v) is 3.78. The van der Waals surface area contributed by atoms with Crippen molar-refractivity contribution in [2.75, 3.05) is 5.32 Å². The first-order valence-corrected chi connectivity index (χ1v) is 7.43. The minimum Gasteiger partial charge on any atom is -0.298 e. The number of benzene rings is 1. The molecule has 3 aromatic rings. The minimum absolute atomic E-state index is 0.00197. The maximum absolute atomic E-state index is 12.0. The summed E-state index contributed by atoms with van der Waals surface area (Å²) in [7, 11) is 0. The predicted octanol–water partition coefficient (Wildman–Crippen LogP) is 3.37. The van der Waals surface area contributed by atoms with Crippen LogP contribution in [0.2, 0.25) is 0 Å². The van der Waals surface area contributed by atoms with Gasteiger partial charge in [0.2, 0.25) is 0 Å². The van der Waals surface area contributed by atoms with Gasteiger partial charge in [0.05, 0.1) is 10.6 Å². The maximum atomic E-state index is 12.0. The number of carbonyl (C=O) groups is 1. The number of pyridine rings is 1. The topological polar surface area (TPSA) is 98.0 Å². The fourth-order valence-corrected chi connectivity index (χ4v) is 2.63. The second kappa shape index (κ2) is 6.32. The van der Waals surface area contributed by atoms with Crippen LogP contribution in [0.4, 0.5) is 10.8 Å². The summed E-state index contributed by atoms with van der Waals surface area (Å²) < 4.78 is 0. The monoisotopic (exact) mass is 326 g/mol. The molecular formula is C15H10N4O3S. The van der Waals surface area contributed by atoms with Gasteiger partial charge in [0.25, 0.3) is 11.6 Å². The van der Waals surface area contributed by atoms with E-state index in [4.69, 9.17) is 0 Å². The number of nitro benzene ring substituents is 1. The average Bonchev–Trinajstić information content (AvgIpc) is 3.04. The highest BCUT2D eigenvalue weighted by molar-refractivity contribution is 7.14. The molecule has 0 atom stereocenters. The van der Waals surface area contributed by atoms with E-state index in [1.807, 2.05) is 0 Å². The summed E-state index contributed by atoms with van der Waals surface area (Å²) in [5, 5.41) is 15.7. The molecule has 23 heavy (non-hydrogen) atoms. The van der Waals surface area contributed by atoms with Crippen LogP contribution in [-0.2, 0) is 0 Å². The molecule has 0 fully saturated rings. The van der Waals surface area contributed by atoms with E-state index in [2.05, 4.69) is 15.3 Å². The first-order valence-electron chi connectivity index (χ1n) is 6.55. The molecule has 0 unspecified atom stereocenters. The predicted molar refractivity (Wildman–Crippen MR) is 86.4 cm³/mol. The van der Waals surface area contributed by atoms with Crippen molar-refractivity contribution in [1.29, 1.82) is 0 Å². The SMILES string of the molecule is O=C(Nc1nc(-c2cccc([N+](=O)[O-])c2)cs1)c1ccncc1. The summed E-state index contributed by atoms with van der Waals surface area (Å²) in [6.45, 7) is 0. The number of carbonyl (C=O) groups excluding carboxylic acids is 1. The standard InChI is InChI=1S/C15H10N4O3S/c20-14(10-4-6-16-7-5-10)18-15-17-13(9-23-15)11-2-1-3-12(8-11)19(21)22/h1-9H,(H,17,18,20). The van der Waals surface area contributed by atoms with Crippen molar-refractivity contribution in [2.24, 2.45) is 0 Å². The highest BCUT2D eigenvalue weighted by atomic mass is 32.1. The Morgan fingerprint density at radius 3 is 2.74 bits per heavy atom. The number of anilines is 1. The van der Waals surface area contributed by atoms with Crippen LogP contribution in [0.25, 0.3) is 11.3 Å². The number of nitro groups is 1. The zero-order chi connectivity index (χ0) is 16.2. The van der Waals surface area contributed by atoms with Gasteiger partial charge in [-0.1, -0.05) is 12.1 Å². The Morgan fingerprint density at radius 1 is 1.22 bits per heavy atom. The summed E-state index contributed by atoms with van der Waals surface area (Å²) in [5.41, 5.74) is 1.67. The number of hydrogen-bond acceptors (Lipinski definition) is 6. The highest BCUT2D eigenvalue weighted by Gasteiger charge is 2.12. The van der Waals surface area contributed by atoms with Crippen LogP contribution < -0.4 is 5.32 Å². The average molecular weight is 326 g/mol. The molecule has 3 rings (SSSR count). The van der Waals surface area contributed by atoms with E-state index in [-0.39, 0.29) is 11.6 Å². The number of nitrogens with zero attached hydrogens (tertiary/aromatic N) is 3. The van der Waals surface area contributed by atoms with Crippen molar-refractivity contribution in [3.8, 4) is 11.3 Å². The Morgan fingerprint density at radius 2 is 2.00 bits per heavy atom. The van der Waals surface area contributed by atoms with E-state index in [1.165, 1.54) is 35.9 Å². The van der Waals surface area contributed by atoms with Gasteiger partial charge in [-0.2, -0.15) is 0 Å². The number of thiazole rings is 1. The summed E-state index contributed by atoms with van der Waals surface area (Å²) in [6, 6.07) is 9.40. The quantitative estimate of drug-likeness (QED) is 0.585. The lowest BCUT2D eigenvalue weighted by atomic mass is 10.1. The summed E-state index contributed by atoms with van der Waals surface area (Å²) >= 11 is 1.25. The van der Waals surface area contributed by atoms with Crippen molar-refractivity contribution in [3.63, 3.8) is 0 Å². The number of rotatable bonds is 4. The van der Waals surface area contributed by atoms with E-state index < -0.39 is 4.92 Å². The van der Waals surface area contributed by atoms with Gasteiger partial charge in [-0.25, -0.2) is 4.98 Å². The lowest BCUT2D eigenvalue weighted by Crippen LogP contribution is -2.11. The molecule has 0 saturated heterocycles. The third-order valence-electron chi connectivity index (χ3n) is 3.02. The van der Waals surface area contributed by atoms with Crippen LogP contribution >= 0.6 is 11.3 Å². The molecule has 0 spiro atoms. The van der Waals surface area contributed by atoms with E-state index in [0.29, 0.717) is 22.0 Å². The summed E-state index contributed by atoms with van der Waals surface area (Å²) in [4.78, 5) is 30.6. The number of aromatic nitrogens is 2. The Labute approximate surface area is 134 Å². The Kier molecular flexibility index (Phi) is 4.07. The number of non-ortho nitro benzene ring substituents is 1. The summed E-state index contributed by atoms with van der Waals surface area (Å²) in [5.74, 6) is -0.285. The lowest BCUT2D eigenvalue weighted by molar-refractivity contribution is -0.384. The van der Waals surface area contributed by atoms with E-state index in [0.717, 1.165) is 0 Å².